The molecule has 1 aromatic heterocycles. The molecule has 2 N–H and O–H groups in total. The van der Waals surface area contributed by atoms with Gasteiger partial charge in [0.25, 0.3) is 5.91 Å². The van der Waals surface area contributed by atoms with Gasteiger partial charge in [-0.05, 0) is 67.1 Å². The molecule has 0 atom stereocenters. The molecule has 0 radical (unpaired) electrons. The molecule has 0 spiro atoms. The van der Waals surface area contributed by atoms with Crippen LogP contribution in [0.1, 0.15) is 23.9 Å². The van der Waals surface area contributed by atoms with Gasteiger partial charge in [0.15, 0.2) is 16.7 Å². The first kappa shape index (κ1) is 20.4. The predicted octanol–water partition coefficient (Wildman–Crippen LogP) is 3.04. The molecule has 0 unspecified atom stereocenters. The highest BCUT2D eigenvalue weighted by Gasteiger charge is 2.09. The Hall–Kier alpha value is -1.88. The molecule has 26 heavy (non-hydrogen) atoms. The number of nitrogens with zero attached hydrogens (tertiary/aromatic N) is 3. The molecular weight excluding hydrogens is 467 g/mol. The molecule has 2 aromatic rings. The Morgan fingerprint density at radius 2 is 2.04 bits per heavy atom. The summed E-state index contributed by atoms with van der Waals surface area (Å²) in [7, 11) is 0. The zero-order valence-corrected chi connectivity index (χ0v) is 17.6. The van der Waals surface area contributed by atoms with E-state index in [1.807, 2.05) is 49.4 Å². The van der Waals surface area contributed by atoms with Gasteiger partial charge in [0.1, 0.15) is 0 Å². The van der Waals surface area contributed by atoms with E-state index in [0.717, 1.165) is 11.4 Å². The highest BCUT2D eigenvalue weighted by Crippen LogP contribution is 2.32. The molecule has 0 bridgehead atoms. The molecule has 0 fully saturated rings. The number of aromatic nitrogens is 2. The minimum Gasteiger partial charge on any atom is -0.504 e. The number of phenolic OH excluding ortho intramolecular Hbond substituents is 1. The van der Waals surface area contributed by atoms with Crippen molar-refractivity contribution in [3.05, 3.63) is 38.7 Å². The summed E-state index contributed by atoms with van der Waals surface area (Å²) in [5.41, 5.74) is 4.91. The molecule has 0 saturated carbocycles. The zero-order valence-electron chi connectivity index (χ0n) is 14.6. The van der Waals surface area contributed by atoms with Gasteiger partial charge in [0, 0.05) is 11.4 Å². The summed E-state index contributed by atoms with van der Waals surface area (Å²) in [6.07, 6.45) is 1.50. The van der Waals surface area contributed by atoms with E-state index in [4.69, 9.17) is 4.74 Å². The number of aryl methyl sites for hydroxylation is 2. The number of thioether (sulfide) groups is 1. The first-order valence-corrected chi connectivity index (χ1v) is 9.87. The van der Waals surface area contributed by atoms with E-state index in [-0.39, 0.29) is 17.4 Å². The van der Waals surface area contributed by atoms with E-state index < -0.39 is 0 Å². The Bertz CT molecular complexity index is 810. The summed E-state index contributed by atoms with van der Waals surface area (Å²) in [5.74, 6) is 0.387. The number of rotatable bonds is 7. The Labute approximate surface area is 169 Å². The van der Waals surface area contributed by atoms with Gasteiger partial charge in [-0.25, -0.2) is 15.4 Å². The maximum atomic E-state index is 11.9. The van der Waals surface area contributed by atoms with Crippen LogP contribution in [-0.2, 0) is 4.79 Å². The van der Waals surface area contributed by atoms with Gasteiger partial charge < -0.3 is 9.84 Å². The Morgan fingerprint density at radius 3 is 2.69 bits per heavy atom. The van der Waals surface area contributed by atoms with Crippen LogP contribution in [0.5, 0.6) is 11.5 Å². The van der Waals surface area contributed by atoms with E-state index in [2.05, 4.69) is 20.5 Å². The lowest BCUT2D eigenvalue weighted by atomic mass is 10.2. The van der Waals surface area contributed by atoms with Crippen LogP contribution in [-0.4, -0.2) is 39.6 Å². The van der Waals surface area contributed by atoms with Crippen LogP contribution in [0.25, 0.3) is 0 Å². The van der Waals surface area contributed by atoms with Gasteiger partial charge in [0.05, 0.1) is 22.1 Å². The zero-order chi connectivity index (χ0) is 19.1. The lowest BCUT2D eigenvalue weighted by Crippen LogP contribution is -2.19. The molecule has 138 valence electrons. The van der Waals surface area contributed by atoms with Crippen molar-refractivity contribution >= 4 is 46.5 Å². The van der Waals surface area contributed by atoms with Gasteiger partial charge in [0.2, 0.25) is 0 Å². The van der Waals surface area contributed by atoms with Gasteiger partial charge in [-0.2, -0.15) is 5.10 Å². The smallest absolute Gasteiger partial charge is 0.250 e. The number of hydrazone groups is 1. The first-order chi connectivity index (χ1) is 12.4. The van der Waals surface area contributed by atoms with Crippen LogP contribution < -0.4 is 10.2 Å². The van der Waals surface area contributed by atoms with Crippen LogP contribution in [0.4, 0.5) is 0 Å². The third-order valence-electron chi connectivity index (χ3n) is 3.05. The second kappa shape index (κ2) is 9.72. The maximum Gasteiger partial charge on any atom is 0.250 e. The van der Waals surface area contributed by atoms with Crippen molar-refractivity contribution in [3.8, 4) is 11.5 Å². The third-order valence-corrected chi connectivity index (χ3v) is 4.72. The fourth-order valence-electron chi connectivity index (χ4n) is 2.03. The SMILES string of the molecule is CCOc1cc(/C=N\NC(=O)CSc2nc(C)cc(C)n2)cc(I)c1O. The third kappa shape index (κ3) is 6.13. The molecule has 1 aromatic carbocycles. The lowest BCUT2D eigenvalue weighted by molar-refractivity contribution is -0.118. The van der Waals surface area contributed by atoms with E-state index in [0.29, 0.717) is 26.6 Å². The average molecular weight is 486 g/mol. The van der Waals surface area contributed by atoms with Crippen molar-refractivity contribution < 1.29 is 14.6 Å². The second-order valence-corrected chi connectivity index (χ2v) is 7.40. The van der Waals surface area contributed by atoms with Crippen molar-refractivity contribution in [3.63, 3.8) is 0 Å². The molecule has 1 heterocycles. The number of ether oxygens (including phenoxy) is 1. The molecule has 2 rings (SSSR count). The van der Waals surface area contributed by atoms with Crippen LogP contribution in [0.3, 0.4) is 0 Å². The van der Waals surface area contributed by atoms with E-state index in [1.54, 1.807) is 12.1 Å². The molecule has 1 amide bonds. The molecule has 7 nitrogen and oxygen atoms in total. The number of hydrogen-bond donors (Lipinski definition) is 2. The molecule has 0 aliphatic carbocycles. The minimum absolute atomic E-state index is 0.0958. The topological polar surface area (TPSA) is 96.7 Å². The fraction of sp³-hybridized carbons (Fsp3) is 0.294. The number of carbonyl (C=O) groups excluding carboxylic acids is 1. The number of nitrogens with one attached hydrogen (secondary N) is 1. The van der Waals surface area contributed by atoms with E-state index in [9.17, 15) is 9.90 Å². The van der Waals surface area contributed by atoms with Crippen molar-refractivity contribution in [2.24, 2.45) is 5.10 Å². The van der Waals surface area contributed by atoms with Crippen molar-refractivity contribution in [2.75, 3.05) is 12.4 Å². The van der Waals surface area contributed by atoms with Crippen molar-refractivity contribution in [1.82, 2.24) is 15.4 Å². The molecule has 0 aliphatic rings. The number of amides is 1. The number of carbonyl (C=O) groups is 1. The first-order valence-electron chi connectivity index (χ1n) is 7.81. The Morgan fingerprint density at radius 1 is 1.35 bits per heavy atom. The van der Waals surface area contributed by atoms with Crippen molar-refractivity contribution in [1.29, 1.82) is 0 Å². The Kier molecular flexibility index (Phi) is 7.64. The molecule has 9 heteroatoms. The summed E-state index contributed by atoms with van der Waals surface area (Å²) in [4.78, 5) is 20.4. The monoisotopic (exact) mass is 486 g/mol. The number of phenols is 1. The average Bonchev–Trinajstić information content (AvgIpc) is 2.57. The summed E-state index contributed by atoms with van der Waals surface area (Å²) in [6.45, 7) is 6.06. The van der Waals surface area contributed by atoms with Crippen molar-refractivity contribution in [2.45, 2.75) is 25.9 Å². The summed E-state index contributed by atoms with van der Waals surface area (Å²) in [5, 5.41) is 14.4. The number of aromatic hydroxyl groups is 1. The second-order valence-electron chi connectivity index (χ2n) is 5.30. The highest BCUT2D eigenvalue weighted by molar-refractivity contribution is 14.1. The highest BCUT2D eigenvalue weighted by atomic mass is 127. The molecular formula is C17H19IN4O3S. The predicted molar refractivity (Wildman–Crippen MR) is 110 cm³/mol. The largest absolute Gasteiger partial charge is 0.504 e. The number of hydrogen-bond acceptors (Lipinski definition) is 7. The number of halogens is 1. The van der Waals surface area contributed by atoms with E-state index in [1.165, 1.54) is 18.0 Å². The number of benzene rings is 1. The molecule has 0 saturated heterocycles. The summed E-state index contributed by atoms with van der Waals surface area (Å²) in [6, 6.07) is 5.28. The maximum absolute atomic E-state index is 11.9. The van der Waals surface area contributed by atoms with Crippen LogP contribution in [0.15, 0.2) is 28.5 Å². The van der Waals surface area contributed by atoms with Crippen LogP contribution in [0.2, 0.25) is 0 Å². The minimum atomic E-state index is -0.257. The Balaban J connectivity index is 1.92. The summed E-state index contributed by atoms with van der Waals surface area (Å²) >= 11 is 3.26. The van der Waals surface area contributed by atoms with E-state index >= 15 is 0 Å². The van der Waals surface area contributed by atoms with Crippen LogP contribution >= 0.6 is 34.4 Å². The van der Waals surface area contributed by atoms with Gasteiger partial charge in [-0.15, -0.1) is 0 Å². The summed E-state index contributed by atoms with van der Waals surface area (Å²) < 4.78 is 6.01. The quantitative estimate of drug-likeness (QED) is 0.205. The van der Waals surface area contributed by atoms with Crippen LogP contribution in [0, 0.1) is 17.4 Å². The van der Waals surface area contributed by atoms with Gasteiger partial charge in [-0.3, -0.25) is 4.79 Å². The normalized spacial score (nSPS) is 10.9. The van der Waals surface area contributed by atoms with Gasteiger partial charge >= 0.3 is 0 Å². The van der Waals surface area contributed by atoms with Gasteiger partial charge in [-0.1, -0.05) is 11.8 Å². The fourth-order valence-corrected chi connectivity index (χ4v) is 3.40. The molecule has 0 aliphatic heterocycles. The lowest BCUT2D eigenvalue weighted by Gasteiger charge is -2.08. The standard InChI is InChI=1S/C17H19IN4O3S/c1-4-25-14-7-12(6-13(18)16(14)24)8-19-22-15(23)9-26-17-20-10(2)5-11(3)21-17/h5-8,24H,4,9H2,1-3H3,(H,22,23)/b19-8-.